The van der Waals surface area contributed by atoms with Gasteiger partial charge in [0.25, 0.3) is 0 Å². The second-order valence-electron chi connectivity index (χ2n) is 9.99. The van der Waals surface area contributed by atoms with Crippen LogP contribution in [0.25, 0.3) is 16.8 Å². The highest BCUT2D eigenvalue weighted by atomic mass is 19.2. The van der Waals surface area contributed by atoms with Crippen LogP contribution in [0.5, 0.6) is 5.75 Å². The lowest BCUT2D eigenvalue weighted by molar-refractivity contribution is 0.0582. The van der Waals surface area contributed by atoms with E-state index in [1.807, 2.05) is 51.4 Å². The summed E-state index contributed by atoms with van der Waals surface area (Å²) in [6.07, 6.45) is 2.76. The van der Waals surface area contributed by atoms with Crippen LogP contribution < -0.4 is 10.1 Å². The van der Waals surface area contributed by atoms with Gasteiger partial charge < -0.3 is 19.6 Å². The number of imidazole rings is 1. The summed E-state index contributed by atoms with van der Waals surface area (Å²) in [4.78, 5) is 4.37. The molecule has 0 aliphatic carbocycles. The van der Waals surface area contributed by atoms with Crippen LogP contribution in [0.4, 0.5) is 8.78 Å². The number of aliphatic hydroxyl groups is 1. The quantitative estimate of drug-likeness (QED) is 0.375. The molecule has 1 aromatic carbocycles. The maximum absolute atomic E-state index is 14.9. The zero-order chi connectivity index (χ0) is 26.9. The molecule has 1 atom stereocenters. The van der Waals surface area contributed by atoms with E-state index in [1.165, 1.54) is 6.07 Å². The summed E-state index contributed by atoms with van der Waals surface area (Å²) in [5, 5.41) is 18.3. The molecule has 0 bridgehead atoms. The molecule has 4 aromatic rings. The van der Waals surface area contributed by atoms with Gasteiger partial charge in [-0.2, -0.15) is 9.49 Å². The third-order valence-corrected chi connectivity index (χ3v) is 6.24. The molecular weight excluding hydrogens is 476 g/mol. The second-order valence-corrected chi connectivity index (χ2v) is 9.99. The maximum atomic E-state index is 14.9. The van der Waals surface area contributed by atoms with Crippen molar-refractivity contribution >= 4 is 5.65 Å². The molecular formula is C28H31F2N5O2. The number of halogens is 2. The van der Waals surface area contributed by atoms with Crippen molar-refractivity contribution in [2.24, 2.45) is 12.5 Å². The van der Waals surface area contributed by atoms with Gasteiger partial charge in [-0.05, 0) is 43.7 Å². The van der Waals surface area contributed by atoms with Crippen molar-refractivity contribution in [1.82, 2.24) is 24.5 Å². The van der Waals surface area contributed by atoms with Crippen molar-refractivity contribution in [3.05, 3.63) is 70.9 Å². The molecule has 2 N–H and O–H groups in total. The number of nitrogens with zero attached hydrogens (tertiary/aromatic N) is 4. The molecule has 0 saturated carbocycles. The molecule has 0 saturated heterocycles. The molecule has 1 unspecified atom stereocenters. The Morgan fingerprint density at radius 2 is 1.95 bits per heavy atom. The fourth-order valence-corrected chi connectivity index (χ4v) is 4.03. The Morgan fingerprint density at radius 3 is 2.65 bits per heavy atom. The highest BCUT2D eigenvalue weighted by molar-refractivity contribution is 5.71. The summed E-state index contributed by atoms with van der Waals surface area (Å²) in [5.41, 5.74) is 4.13. The Morgan fingerprint density at radius 1 is 1.19 bits per heavy atom. The molecule has 3 aromatic heterocycles. The topological polar surface area (TPSA) is 76.6 Å². The molecule has 0 spiro atoms. The van der Waals surface area contributed by atoms with Gasteiger partial charge in [-0.1, -0.05) is 32.6 Å². The molecule has 0 fully saturated rings. The molecule has 0 radical (unpaired) electrons. The first-order valence-corrected chi connectivity index (χ1v) is 11.9. The molecule has 3 heterocycles. The Balaban J connectivity index is 1.66. The molecule has 7 nitrogen and oxygen atoms in total. The van der Waals surface area contributed by atoms with E-state index in [0.717, 1.165) is 23.1 Å². The molecule has 0 amide bonds. The van der Waals surface area contributed by atoms with Crippen LogP contribution in [-0.4, -0.2) is 37.9 Å². The van der Waals surface area contributed by atoms with Crippen LogP contribution in [0.3, 0.4) is 0 Å². The lowest BCUT2D eigenvalue weighted by Gasteiger charge is -2.24. The fourth-order valence-electron chi connectivity index (χ4n) is 4.03. The van der Waals surface area contributed by atoms with E-state index < -0.39 is 23.2 Å². The van der Waals surface area contributed by atoms with E-state index in [0.29, 0.717) is 28.9 Å². The number of aromatic nitrogens is 4. The lowest BCUT2D eigenvalue weighted by Crippen LogP contribution is -2.19. The van der Waals surface area contributed by atoms with E-state index in [4.69, 9.17) is 4.74 Å². The minimum atomic E-state index is -1.08. The number of rotatable bonds is 6. The van der Waals surface area contributed by atoms with Gasteiger partial charge in [0.2, 0.25) is 5.82 Å². The van der Waals surface area contributed by atoms with Crippen molar-refractivity contribution in [3.63, 3.8) is 0 Å². The Hall–Kier alpha value is -3.74. The summed E-state index contributed by atoms with van der Waals surface area (Å²) in [5.74, 6) is 3.57. The third kappa shape index (κ3) is 5.22. The molecule has 0 aliphatic heterocycles. The first kappa shape index (κ1) is 26.3. The first-order chi connectivity index (χ1) is 17.5. The number of pyridine rings is 1. The van der Waals surface area contributed by atoms with E-state index in [-0.39, 0.29) is 12.4 Å². The zero-order valence-corrected chi connectivity index (χ0v) is 21.9. The molecule has 9 heteroatoms. The van der Waals surface area contributed by atoms with E-state index in [1.54, 1.807) is 24.0 Å². The van der Waals surface area contributed by atoms with Gasteiger partial charge in [0.15, 0.2) is 11.6 Å². The number of benzene rings is 1. The third-order valence-electron chi connectivity index (χ3n) is 6.24. The summed E-state index contributed by atoms with van der Waals surface area (Å²) < 4.78 is 38.3. The number of ether oxygens (including phenoxy) is 1. The van der Waals surface area contributed by atoms with E-state index in [9.17, 15) is 13.9 Å². The van der Waals surface area contributed by atoms with Gasteiger partial charge in [-0.15, -0.1) is 0 Å². The van der Waals surface area contributed by atoms with Gasteiger partial charge in [-0.3, -0.25) is 4.68 Å². The minimum absolute atomic E-state index is 0.189. The summed E-state index contributed by atoms with van der Waals surface area (Å²) in [6.45, 7) is 8.01. The Bertz CT molecular complexity index is 1510. The van der Waals surface area contributed by atoms with E-state index >= 15 is 0 Å². The van der Waals surface area contributed by atoms with Crippen molar-refractivity contribution in [1.29, 1.82) is 0 Å². The highest BCUT2D eigenvalue weighted by Crippen LogP contribution is 2.35. The monoisotopic (exact) mass is 507 g/mol. The van der Waals surface area contributed by atoms with Gasteiger partial charge in [0.1, 0.15) is 24.1 Å². The average molecular weight is 508 g/mol. The Labute approximate surface area is 215 Å². The molecule has 4 rings (SSSR count). The van der Waals surface area contributed by atoms with Crippen LogP contribution in [0.15, 0.2) is 36.7 Å². The first-order valence-electron chi connectivity index (χ1n) is 11.9. The maximum Gasteiger partial charge on any atom is 0.201 e. The SMILES string of the molecule is CNCc1cnc2ccc(-c3ccc(F)c(F)c3OCC#Cc3c(C(O)C(C)(C)C)nn(C)c3C)cn12. The van der Waals surface area contributed by atoms with Crippen LogP contribution in [-0.2, 0) is 13.6 Å². The molecule has 0 aliphatic rings. The van der Waals surface area contributed by atoms with Crippen LogP contribution in [0.1, 0.15) is 49.5 Å². The van der Waals surface area contributed by atoms with Crippen LogP contribution in [0, 0.1) is 35.8 Å². The molecule has 194 valence electrons. The number of nitrogens with one attached hydrogen (secondary N) is 1. The Kier molecular flexibility index (Phi) is 7.35. The van der Waals surface area contributed by atoms with E-state index in [2.05, 4.69) is 27.2 Å². The second kappa shape index (κ2) is 10.3. The summed E-state index contributed by atoms with van der Waals surface area (Å²) in [6, 6.07) is 6.16. The number of fused-ring (bicyclic) bond motifs is 1. The molecule has 37 heavy (non-hydrogen) atoms. The van der Waals surface area contributed by atoms with Crippen molar-refractivity contribution < 1.29 is 18.6 Å². The largest absolute Gasteiger partial charge is 0.477 e. The van der Waals surface area contributed by atoms with Gasteiger partial charge in [0.05, 0.1) is 23.1 Å². The zero-order valence-electron chi connectivity index (χ0n) is 21.9. The van der Waals surface area contributed by atoms with Gasteiger partial charge in [-0.25, -0.2) is 9.37 Å². The highest BCUT2D eigenvalue weighted by Gasteiger charge is 2.29. The number of aryl methyl sites for hydroxylation is 1. The summed E-state index contributed by atoms with van der Waals surface area (Å²) in [7, 11) is 3.62. The normalized spacial score (nSPS) is 12.5. The number of hydrogen-bond acceptors (Lipinski definition) is 5. The summed E-state index contributed by atoms with van der Waals surface area (Å²) >= 11 is 0. The fraction of sp³-hybridized carbons (Fsp3) is 0.357. The number of hydrogen-bond donors (Lipinski definition) is 2. The van der Waals surface area contributed by atoms with Gasteiger partial charge >= 0.3 is 0 Å². The van der Waals surface area contributed by atoms with Crippen molar-refractivity contribution in [2.45, 2.75) is 40.3 Å². The number of aliphatic hydroxyl groups excluding tert-OH is 1. The smallest absolute Gasteiger partial charge is 0.201 e. The average Bonchev–Trinajstić information content (AvgIpc) is 3.38. The van der Waals surface area contributed by atoms with Crippen LogP contribution >= 0.6 is 0 Å². The van der Waals surface area contributed by atoms with Crippen molar-refractivity contribution in [3.8, 4) is 28.7 Å². The van der Waals surface area contributed by atoms with Crippen molar-refractivity contribution in [2.75, 3.05) is 13.7 Å². The lowest BCUT2D eigenvalue weighted by atomic mass is 9.86. The van der Waals surface area contributed by atoms with Crippen LogP contribution in [0.2, 0.25) is 0 Å². The standard InChI is InChI=1S/C28H31F2N5O2/c1-17-20(25(33-34(17)6)27(36)28(2,3)4)8-7-13-37-26-21(10-11-22(29)24(26)30)18-9-12-23-32-15-19(14-31-5)35(23)16-18/h9-12,15-16,27,31,36H,13-14H2,1-6H3. The predicted octanol–water partition coefficient (Wildman–Crippen LogP) is 4.55. The van der Waals surface area contributed by atoms with Gasteiger partial charge in [0, 0.05) is 30.9 Å². The predicted molar refractivity (Wildman–Crippen MR) is 138 cm³/mol. The minimum Gasteiger partial charge on any atom is -0.477 e.